The van der Waals surface area contributed by atoms with Gasteiger partial charge in [0.2, 0.25) is 5.91 Å². The average molecular weight is 395 g/mol. The second kappa shape index (κ2) is 9.07. The van der Waals surface area contributed by atoms with E-state index in [1.165, 1.54) is 0 Å². The Kier molecular flexibility index (Phi) is 6.07. The number of carbonyl (C=O) groups excluding carboxylic acids is 2. The highest BCUT2D eigenvalue weighted by molar-refractivity contribution is 5.96. The molecule has 0 unspecified atom stereocenters. The molecule has 2 heterocycles. The molecule has 2 aromatic rings. The summed E-state index contributed by atoms with van der Waals surface area (Å²) in [6.07, 6.45) is 0.313. The van der Waals surface area contributed by atoms with Crippen molar-refractivity contribution in [2.75, 3.05) is 61.2 Å². The Balaban J connectivity index is 1.31. The zero-order valence-electron chi connectivity index (χ0n) is 16.3. The van der Waals surface area contributed by atoms with Crippen molar-refractivity contribution in [2.24, 2.45) is 0 Å². The molecule has 0 bridgehead atoms. The number of nitrogens with zero attached hydrogens (tertiary/aromatic N) is 2. The van der Waals surface area contributed by atoms with E-state index in [1.807, 2.05) is 36.4 Å². The van der Waals surface area contributed by atoms with Crippen molar-refractivity contribution in [1.29, 1.82) is 0 Å². The largest absolute Gasteiger partial charge is 0.378 e. The molecule has 0 aliphatic carbocycles. The lowest BCUT2D eigenvalue weighted by molar-refractivity contribution is -0.125. The molecule has 1 N–H and O–H groups in total. The maximum atomic E-state index is 12.4. The van der Waals surface area contributed by atoms with Gasteiger partial charge in [0, 0.05) is 36.7 Å². The van der Waals surface area contributed by atoms with Crippen molar-refractivity contribution >= 4 is 28.9 Å². The maximum Gasteiger partial charge on any atom is 0.253 e. The molecule has 152 valence electrons. The normalized spacial score (nSPS) is 17.3. The second-order valence-corrected chi connectivity index (χ2v) is 7.14. The number of nitrogens with one attached hydrogen (secondary N) is 1. The highest BCUT2D eigenvalue weighted by Crippen LogP contribution is 2.20. The van der Waals surface area contributed by atoms with Gasteiger partial charge in [-0.25, -0.2) is 0 Å². The number of carbonyl (C=O) groups is 2. The van der Waals surface area contributed by atoms with Gasteiger partial charge in [-0.2, -0.15) is 0 Å². The Hall–Kier alpha value is -2.90. The molecule has 0 radical (unpaired) electrons. The van der Waals surface area contributed by atoms with Crippen LogP contribution >= 0.6 is 0 Å². The van der Waals surface area contributed by atoms with Gasteiger partial charge < -0.3 is 24.6 Å². The Morgan fingerprint density at radius 1 is 0.862 bits per heavy atom. The lowest BCUT2D eigenvalue weighted by Crippen LogP contribution is -2.41. The first-order valence-electron chi connectivity index (χ1n) is 9.89. The molecular formula is C22H25N3O4. The molecule has 7 heteroatoms. The van der Waals surface area contributed by atoms with E-state index in [4.69, 9.17) is 9.47 Å². The minimum atomic E-state index is -0.0701. The van der Waals surface area contributed by atoms with Crippen molar-refractivity contribution in [1.82, 2.24) is 0 Å². The van der Waals surface area contributed by atoms with E-state index in [2.05, 4.69) is 22.3 Å². The zero-order valence-corrected chi connectivity index (χ0v) is 16.3. The highest BCUT2D eigenvalue weighted by Gasteiger charge is 2.20. The molecule has 7 nitrogen and oxygen atoms in total. The standard InChI is InChI=1S/C22H25N3O4/c26-21(15-17-1-5-19(6-2-17)24-9-12-28-13-10-24)23-18-3-7-20(8-4-18)25-11-14-29-16-22(25)27/h1-8H,9-16H2,(H,23,26). The molecular weight excluding hydrogens is 370 g/mol. The van der Waals surface area contributed by atoms with Gasteiger partial charge in [-0.1, -0.05) is 12.1 Å². The van der Waals surface area contributed by atoms with Crippen LogP contribution in [-0.4, -0.2) is 57.9 Å². The number of hydrogen-bond acceptors (Lipinski definition) is 5. The lowest BCUT2D eigenvalue weighted by atomic mass is 10.1. The molecule has 2 aliphatic heterocycles. The van der Waals surface area contributed by atoms with Crippen molar-refractivity contribution in [3.63, 3.8) is 0 Å². The van der Waals surface area contributed by atoms with E-state index in [0.717, 1.165) is 43.2 Å². The highest BCUT2D eigenvalue weighted by atomic mass is 16.5. The fourth-order valence-corrected chi connectivity index (χ4v) is 3.55. The van der Waals surface area contributed by atoms with Gasteiger partial charge >= 0.3 is 0 Å². The van der Waals surface area contributed by atoms with Crippen LogP contribution in [0.5, 0.6) is 0 Å². The number of rotatable bonds is 5. The third-order valence-corrected chi connectivity index (χ3v) is 5.13. The molecule has 2 aliphatic rings. The molecule has 29 heavy (non-hydrogen) atoms. The van der Waals surface area contributed by atoms with E-state index in [0.29, 0.717) is 25.3 Å². The van der Waals surface area contributed by atoms with Crippen LogP contribution in [-0.2, 0) is 25.5 Å². The SMILES string of the molecule is O=C(Cc1ccc(N2CCOCC2)cc1)Nc1ccc(N2CCOCC2=O)cc1. The summed E-state index contributed by atoms with van der Waals surface area (Å²) >= 11 is 0. The van der Waals surface area contributed by atoms with Crippen LogP contribution in [0.25, 0.3) is 0 Å². The summed E-state index contributed by atoms with van der Waals surface area (Å²) in [6.45, 7) is 4.49. The molecule has 4 rings (SSSR count). The molecule has 2 aromatic carbocycles. The van der Waals surface area contributed by atoms with Crippen LogP contribution in [0.15, 0.2) is 48.5 Å². The molecule has 0 aromatic heterocycles. The Bertz CT molecular complexity index is 845. The number of hydrogen-bond donors (Lipinski definition) is 1. The van der Waals surface area contributed by atoms with Gasteiger partial charge in [-0.3, -0.25) is 9.59 Å². The summed E-state index contributed by atoms with van der Waals surface area (Å²) in [4.78, 5) is 28.3. The summed E-state index contributed by atoms with van der Waals surface area (Å²) < 4.78 is 10.5. The molecule has 2 saturated heterocycles. The van der Waals surface area contributed by atoms with E-state index in [-0.39, 0.29) is 18.4 Å². The van der Waals surface area contributed by atoms with Crippen LogP contribution in [0.4, 0.5) is 17.1 Å². The monoisotopic (exact) mass is 395 g/mol. The lowest BCUT2D eigenvalue weighted by Gasteiger charge is -2.28. The summed E-state index contributed by atoms with van der Waals surface area (Å²) in [6, 6.07) is 15.4. The number of benzene rings is 2. The Morgan fingerprint density at radius 2 is 1.52 bits per heavy atom. The quantitative estimate of drug-likeness (QED) is 0.839. The van der Waals surface area contributed by atoms with Gasteiger partial charge in [-0.15, -0.1) is 0 Å². The third kappa shape index (κ3) is 4.93. The third-order valence-electron chi connectivity index (χ3n) is 5.13. The minimum Gasteiger partial charge on any atom is -0.378 e. The summed E-state index contributed by atoms with van der Waals surface area (Å²) in [5.74, 6) is -0.118. The predicted molar refractivity (Wildman–Crippen MR) is 111 cm³/mol. The topological polar surface area (TPSA) is 71.1 Å². The number of amides is 2. The van der Waals surface area contributed by atoms with E-state index in [1.54, 1.807) is 4.90 Å². The van der Waals surface area contributed by atoms with Crippen LogP contribution in [0.3, 0.4) is 0 Å². The predicted octanol–water partition coefficient (Wildman–Crippen LogP) is 2.07. The van der Waals surface area contributed by atoms with Gasteiger partial charge in [0.1, 0.15) is 6.61 Å². The molecule has 2 fully saturated rings. The van der Waals surface area contributed by atoms with Crippen LogP contribution in [0, 0.1) is 0 Å². The van der Waals surface area contributed by atoms with Crippen LogP contribution in [0.1, 0.15) is 5.56 Å². The maximum absolute atomic E-state index is 12.4. The molecule has 0 saturated carbocycles. The summed E-state index contributed by atoms with van der Waals surface area (Å²) in [7, 11) is 0. The van der Waals surface area contributed by atoms with Gasteiger partial charge in [0.15, 0.2) is 0 Å². The van der Waals surface area contributed by atoms with Crippen molar-refractivity contribution < 1.29 is 19.1 Å². The first-order chi connectivity index (χ1) is 14.2. The summed E-state index contributed by atoms with van der Waals surface area (Å²) in [5.41, 5.74) is 3.65. The molecule has 0 spiro atoms. The fraction of sp³-hybridized carbons (Fsp3) is 0.364. The van der Waals surface area contributed by atoms with Gasteiger partial charge in [0.05, 0.1) is 26.2 Å². The zero-order chi connectivity index (χ0) is 20.1. The van der Waals surface area contributed by atoms with Gasteiger partial charge in [0.25, 0.3) is 5.91 Å². The fourth-order valence-electron chi connectivity index (χ4n) is 3.55. The number of anilines is 3. The second-order valence-electron chi connectivity index (χ2n) is 7.14. The van der Waals surface area contributed by atoms with E-state index >= 15 is 0 Å². The minimum absolute atomic E-state index is 0.0476. The number of morpholine rings is 2. The van der Waals surface area contributed by atoms with E-state index in [9.17, 15) is 9.59 Å². The molecule has 2 amide bonds. The number of ether oxygens (including phenoxy) is 2. The smallest absolute Gasteiger partial charge is 0.253 e. The van der Waals surface area contributed by atoms with Crippen molar-refractivity contribution in [3.05, 3.63) is 54.1 Å². The first kappa shape index (κ1) is 19.4. The van der Waals surface area contributed by atoms with E-state index < -0.39 is 0 Å². The molecule has 0 atom stereocenters. The Morgan fingerprint density at radius 3 is 2.21 bits per heavy atom. The van der Waals surface area contributed by atoms with Crippen LogP contribution < -0.4 is 15.1 Å². The first-order valence-corrected chi connectivity index (χ1v) is 9.89. The Labute approximate surface area is 170 Å². The van der Waals surface area contributed by atoms with Crippen molar-refractivity contribution in [3.8, 4) is 0 Å². The van der Waals surface area contributed by atoms with Crippen molar-refractivity contribution in [2.45, 2.75) is 6.42 Å². The van der Waals surface area contributed by atoms with Gasteiger partial charge in [-0.05, 0) is 42.0 Å². The summed E-state index contributed by atoms with van der Waals surface area (Å²) in [5, 5.41) is 2.92. The van der Waals surface area contributed by atoms with Crippen LogP contribution in [0.2, 0.25) is 0 Å². The average Bonchev–Trinajstić information content (AvgIpc) is 2.76.